The average Bonchev–Trinajstić information content (AvgIpc) is 3.02. The number of aryl methyl sites for hydroxylation is 2. The Bertz CT molecular complexity index is 1080. The molecular formula is C20H27N5O2S. The van der Waals surface area contributed by atoms with Crippen LogP contribution in [-0.4, -0.2) is 28.4 Å². The Labute approximate surface area is 168 Å². The lowest BCUT2D eigenvalue weighted by Crippen LogP contribution is -2.40. The van der Waals surface area contributed by atoms with Gasteiger partial charge in [-0.15, -0.1) is 4.72 Å². The molecular weight excluding hydrogens is 374 g/mol. The molecule has 0 amide bonds. The summed E-state index contributed by atoms with van der Waals surface area (Å²) in [6, 6.07) is 3.62. The molecule has 2 aromatic heterocycles. The molecule has 0 bridgehead atoms. The molecule has 7 nitrogen and oxygen atoms in total. The van der Waals surface area contributed by atoms with E-state index in [0.29, 0.717) is 16.7 Å². The Morgan fingerprint density at radius 2 is 1.93 bits per heavy atom. The van der Waals surface area contributed by atoms with Gasteiger partial charge in [0.05, 0.1) is 29.5 Å². The molecule has 1 unspecified atom stereocenters. The van der Waals surface area contributed by atoms with Crippen LogP contribution < -0.4 is 10.3 Å². The molecule has 3 aromatic rings. The molecule has 0 spiro atoms. The highest BCUT2D eigenvalue weighted by atomic mass is 32.2. The monoisotopic (exact) mass is 401 g/mol. The van der Waals surface area contributed by atoms with Crippen LogP contribution in [-0.2, 0) is 25.5 Å². The first-order chi connectivity index (χ1) is 13.0. The predicted octanol–water partition coefficient (Wildman–Crippen LogP) is 2.76. The van der Waals surface area contributed by atoms with Gasteiger partial charge in [-0.25, -0.2) is 9.97 Å². The van der Waals surface area contributed by atoms with Crippen molar-refractivity contribution in [1.29, 1.82) is 0 Å². The van der Waals surface area contributed by atoms with Crippen molar-refractivity contribution in [2.45, 2.75) is 45.4 Å². The summed E-state index contributed by atoms with van der Waals surface area (Å²) in [7, 11) is 3.58. The van der Waals surface area contributed by atoms with Gasteiger partial charge >= 0.3 is 0 Å². The van der Waals surface area contributed by atoms with Gasteiger partial charge in [0.2, 0.25) is 0 Å². The van der Waals surface area contributed by atoms with E-state index in [4.69, 9.17) is 4.98 Å². The van der Waals surface area contributed by atoms with Crippen LogP contribution in [0.3, 0.4) is 0 Å². The topological polar surface area (TPSA) is 87.8 Å². The maximum Gasteiger partial charge on any atom is 0.261 e. The quantitative estimate of drug-likeness (QED) is 0.679. The zero-order chi connectivity index (χ0) is 20.8. The van der Waals surface area contributed by atoms with E-state index in [1.54, 1.807) is 24.1 Å². The van der Waals surface area contributed by atoms with Crippen LogP contribution >= 0.6 is 0 Å². The minimum Gasteiger partial charge on any atom is -0.598 e. The summed E-state index contributed by atoms with van der Waals surface area (Å²) < 4.78 is 18.7. The zero-order valence-electron chi connectivity index (χ0n) is 17.4. The molecule has 0 radical (unpaired) electrons. The standard InChI is InChI=1S/C20H27N5O2S/c1-12-8-14(13(2)23-28(27)20(3,4)5)17-15(9-12)19(26)25(7)18(22-17)16-10-21-11-24(16)6/h8-11,13,23H,1-7H3/t13?,28-/m1/s1. The minimum absolute atomic E-state index is 0.115. The first-order valence-corrected chi connectivity index (χ1v) is 10.3. The summed E-state index contributed by atoms with van der Waals surface area (Å²) >= 11 is -1.24. The number of benzene rings is 1. The van der Waals surface area contributed by atoms with E-state index >= 15 is 0 Å². The molecule has 0 saturated heterocycles. The fourth-order valence-corrected chi connectivity index (χ4v) is 3.89. The highest BCUT2D eigenvalue weighted by Gasteiger charge is 2.29. The van der Waals surface area contributed by atoms with Gasteiger partial charge in [-0.05, 0) is 46.2 Å². The summed E-state index contributed by atoms with van der Waals surface area (Å²) in [5.41, 5.74) is 3.08. The highest BCUT2D eigenvalue weighted by Crippen LogP contribution is 2.27. The third-order valence-electron chi connectivity index (χ3n) is 4.71. The number of hydrogen-bond acceptors (Lipinski definition) is 5. The largest absolute Gasteiger partial charge is 0.598 e. The van der Waals surface area contributed by atoms with Crippen molar-refractivity contribution in [2.24, 2.45) is 14.1 Å². The fourth-order valence-electron chi connectivity index (χ4n) is 3.09. The van der Waals surface area contributed by atoms with E-state index in [9.17, 15) is 9.35 Å². The van der Waals surface area contributed by atoms with Crippen molar-refractivity contribution >= 4 is 22.3 Å². The van der Waals surface area contributed by atoms with Gasteiger partial charge in [-0.2, -0.15) is 0 Å². The van der Waals surface area contributed by atoms with Crippen LogP contribution in [0.2, 0.25) is 0 Å². The number of aromatic nitrogens is 4. The van der Waals surface area contributed by atoms with Crippen molar-refractivity contribution < 1.29 is 4.55 Å². The molecule has 1 aromatic carbocycles. The van der Waals surface area contributed by atoms with E-state index in [0.717, 1.165) is 16.8 Å². The minimum atomic E-state index is -1.24. The smallest absolute Gasteiger partial charge is 0.261 e. The van der Waals surface area contributed by atoms with Gasteiger partial charge < -0.3 is 9.12 Å². The summed E-state index contributed by atoms with van der Waals surface area (Å²) in [5, 5.41) is 0.554. The third kappa shape index (κ3) is 3.72. The van der Waals surface area contributed by atoms with Crippen molar-refractivity contribution in [3.8, 4) is 11.5 Å². The van der Waals surface area contributed by atoms with E-state index in [-0.39, 0.29) is 11.6 Å². The van der Waals surface area contributed by atoms with E-state index in [1.165, 1.54) is 0 Å². The second-order valence-corrected chi connectivity index (χ2v) is 10.2. The van der Waals surface area contributed by atoms with Crippen molar-refractivity contribution in [1.82, 2.24) is 23.8 Å². The Hall–Kier alpha value is -2.16. The zero-order valence-corrected chi connectivity index (χ0v) is 18.2. The van der Waals surface area contributed by atoms with Gasteiger partial charge in [0, 0.05) is 31.0 Å². The summed E-state index contributed by atoms with van der Waals surface area (Å²) in [6.45, 7) is 9.66. The van der Waals surface area contributed by atoms with Crippen molar-refractivity contribution in [3.05, 3.63) is 46.1 Å². The molecule has 0 aliphatic carbocycles. The second kappa shape index (κ2) is 7.35. The molecule has 0 aliphatic rings. The van der Waals surface area contributed by atoms with Crippen LogP contribution in [0.15, 0.2) is 29.5 Å². The number of nitrogens with zero attached hydrogens (tertiary/aromatic N) is 4. The maximum absolute atomic E-state index is 13.1. The first-order valence-electron chi connectivity index (χ1n) is 9.16. The van der Waals surface area contributed by atoms with E-state index in [2.05, 4.69) is 9.71 Å². The van der Waals surface area contributed by atoms with Gasteiger partial charge in [0.15, 0.2) is 5.82 Å². The Morgan fingerprint density at radius 3 is 2.50 bits per heavy atom. The first kappa shape index (κ1) is 20.6. The lowest BCUT2D eigenvalue weighted by molar-refractivity contribution is 0.531. The van der Waals surface area contributed by atoms with Crippen LogP contribution in [0.25, 0.3) is 22.4 Å². The van der Waals surface area contributed by atoms with Crippen LogP contribution in [0, 0.1) is 6.92 Å². The Kier molecular flexibility index (Phi) is 5.40. The lowest BCUT2D eigenvalue weighted by Gasteiger charge is -2.27. The average molecular weight is 402 g/mol. The molecule has 0 saturated carbocycles. The van der Waals surface area contributed by atoms with E-state index < -0.39 is 16.1 Å². The third-order valence-corrected chi connectivity index (χ3v) is 6.39. The maximum atomic E-state index is 13.1. The summed E-state index contributed by atoms with van der Waals surface area (Å²) in [6.07, 6.45) is 3.37. The number of rotatable bonds is 4. The molecule has 28 heavy (non-hydrogen) atoms. The lowest BCUT2D eigenvalue weighted by atomic mass is 10.0. The molecule has 2 heterocycles. The van der Waals surface area contributed by atoms with Gasteiger partial charge in [0.25, 0.3) is 5.56 Å². The molecule has 2 atom stereocenters. The molecule has 3 rings (SSSR count). The van der Waals surface area contributed by atoms with Crippen LogP contribution in [0.4, 0.5) is 0 Å². The molecule has 0 aliphatic heterocycles. The van der Waals surface area contributed by atoms with Crippen molar-refractivity contribution in [2.75, 3.05) is 0 Å². The fraction of sp³-hybridized carbons (Fsp3) is 0.450. The number of imidazole rings is 1. The number of nitrogens with one attached hydrogen (secondary N) is 1. The Morgan fingerprint density at radius 1 is 1.25 bits per heavy atom. The van der Waals surface area contributed by atoms with Gasteiger partial charge in [-0.1, -0.05) is 6.07 Å². The van der Waals surface area contributed by atoms with Crippen LogP contribution in [0.1, 0.15) is 44.9 Å². The molecule has 1 N–H and O–H groups in total. The number of fused-ring (bicyclic) bond motifs is 1. The Balaban J connectivity index is 2.22. The highest BCUT2D eigenvalue weighted by molar-refractivity contribution is 7.90. The van der Waals surface area contributed by atoms with Crippen molar-refractivity contribution in [3.63, 3.8) is 0 Å². The normalized spacial score (nSPS) is 14.4. The molecule has 8 heteroatoms. The number of hydrogen-bond donors (Lipinski definition) is 1. The second-order valence-electron chi connectivity index (χ2n) is 8.16. The summed E-state index contributed by atoms with van der Waals surface area (Å²) in [4.78, 5) is 22.1. The summed E-state index contributed by atoms with van der Waals surface area (Å²) in [5.74, 6) is 0.548. The SMILES string of the molecule is Cc1cc(C(C)N[S@+]([O-])C(C)(C)C)c2nc(-c3cncn3C)n(C)c(=O)c2c1. The van der Waals surface area contributed by atoms with Crippen LogP contribution in [0.5, 0.6) is 0 Å². The van der Waals surface area contributed by atoms with Gasteiger partial charge in [-0.3, -0.25) is 9.36 Å². The van der Waals surface area contributed by atoms with E-state index in [1.807, 2.05) is 58.4 Å². The van der Waals surface area contributed by atoms with Gasteiger partial charge in [0.1, 0.15) is 10.4 Å². The molecule has 0 fully saturated rings. The predicted molar refractivity (Wildman–Crippen MR) is 113 cm³/mol. The molecule has 150 valence electrons.